The molecular formula is C28H31N2O3PS. The van der Waals surface area contributed by atoms with E-state index in [1.165, 1.54) is 5.70 Å². The predicted molar refractivity (Wildman–Crippen MR) is 148 cm³/mol. The Morgan fingerprint density at radius 3 is 2.60 bits per heavy atom. The highest BCUT2D eigenvalue weighted by atomic mass is 32.2. The van der Waals surface area contributed by atoms with Gasteiger partial charge in [0.1, 0.15) is 18.1 Å². The Hall–Kier alpha value is -2.78. The van der Waals surface area contributed by atoms with E-state index in [4.69, 9.17) is 4.74 Å². The van der Waals surface area contributed by atoms with Crippen molar-refractivity contribution in [3.05, 3.63) is 107 Å². The number of hydrogen-bond acceptors (Lipinski definition) is 6. The minimum atomic E-state index is -2.16. The molecule has 0 aliphatic heterocycles. The molecule has 0 fully saturated rings. The highest BCUT2D eigenvalue weighted by molar-refractivity contribution is 7.98. The van der Waals surface area contributed by atoms with Gasteiger partial charge in [-0.25, -0.2) is 0 Å². The Morgan fingerprint density at radius 2 is 1.86 bits per heavy atom. The third kappa shape index (κ3) is 9.07. The molecule has 0 spiro atoms. The van der Waals surface area contributed by atoms with Crippen molar-refractivity contribution in [3.63, 3.8) is 0 Å². The number of ether oxygens (including phenoxy) is 1. The molecule has 35 heavy (non-hydrogen) atoms. The summed E-state index contributed by atoms with van der Waals surface area (Å²) in [4.78, 5) is 19.7. The topological polar surface area (TPSA) is 73.8 Å². The van der Waals surface area contributed by atoms with E-state index in [1.807, 2.05) is 73.8 Å². The van der Waals surface area contributed by atoms with Crippen LogP contribution in [0.3, 0.4) is 0 Å². The molecule has 0 saturated heterocycles. The summed E-state index contributed by atoms with van der Waals surface area (Å²) in [6, 6.07) is 25.3. The maximum Gasteiger partial charge on any atom is 0.188 e. The molecule has 1 atom stereocenters. The highest BCUT2D eigenvalue weighted by Crippen LogP contribution is 2.41. The molecular weight excluding hydrogens is 475 g/mol. The highest BCUT2D eigenvalue weighted by Gasteiger charge is 2.19. The fraction of sp³-hybridized carbons (Fsp3) is 0.214. The van der Waals surface area contributed by atoms with Crippen LogP contribution in [0.25, 0.3) is 6.08 Å². The lowest BCUT2D eigenvalue weighted by molar-refractivity contribution is 0.369. The first kappa shape index (κ1) is 26.8. The summed E-state index contributed by atoms with van der Waals surface area (Å²) >= 11 is 1.78. The van der Waals surface area contributed by atoms with Crippen LogP contribution in [0.2, 0.25) is 0 Å². The standard InChI is InChI=1S/C28H31N2O3PS/c1-29-26(21-35-2)18-23-10-6-9-22(17-23)12-8-16-33-27-15-7-11-24(19-27)20-30-28(34(31)32)25-13-4-3-5-14-25/h3-7,9-11,13-15,17-19,28-32H,16,20-21H2,1-2H3/b26-18+. The van der Waals surface area contributed by atoms with Crippen molar-refractivity contribution in [1.82, 2.24) is 10.6 Å². The number of rotatable bonds is 11. The summed E-state index contributed by atoms with van der Waals surface area (Å²) < 4.78 is 5.83. The van der Waals surface area contributed by atoms with E-state index in [1.54, 1.807) is 11.8 Å². The first-order chi connectivity index (χ1) is 17.1. The molecule has 5 nitrogen and oxygen atoms in total. The van der Waals surface area contributed by atoms with Crippen molar-refractivity contribution >= 4 is 26.2 Å². The fourth-order valence-electron chi connectivity index (χ4n) is 3.43. The third-order valence-corrected chi connectivity index (χ3v) is 6.68. The molecule has 3 aromatic rings. The van der Waals surface area contributed by atoms with Crippen LogP contribution in [0.4, 0.5) is 0 Å². The van der Waals surface area contributed by atoms with Crippen LogP contribution in [0.15, 0.2) is 84.6 Å². The second-order valence-electron chi connectivity index (χ2n) is 7.73. The van der Waals surface area contributed by atoms with Gasteiger partial charge in [-0.2, -0.15) is 11.8 Å². The molecule has 7 heteroatoms. The molecule has 4 N–H and O–H groups in total. The summed E-state index contributed by atoms with van der Waals surface area (Å²) in [7, 11) is -0.220. The maximum absolute atomic E-state index is 9.84. The molecule has 0 aromatic heterocycles. The first-order valence-corrected chi connectivity index (χ1v) is 13.9. The Bertz CT molecular complexity index is 1160. The zero-order chi connectivity index (χ0) is 24.9. The van der Waals surface area contributed by atoms with E-state index in [0.717, 1.165) is 33.8 Å². The molecule has 0 heterocycles. The molecule has 3 rings (SSSR count). The zero-order valence-electron chi connectivity index (χ0n) is 19.9. The maximum atomic E-state index is 9.84. The van der Waals surface area contributed by atoms with Crippen LogP contribution in [0.5, 0.6) is 5.75 Å². The van der Waals surface area contributed by atoms with Crippen LogP contribution in [0, 0.1) is 11.8 Å². The summed E-state index contributed by atoms with van der Waals surface area (Å²) in [6.45, 7) is 0.754. The largest absolute Gasteiger partial charge is 0.481 e. The van der Waals surface area contributed by atoms with Crippen molar-refractivity contribution in [2.75, 3.05) is 25.7 Å². The van der Waals surface area contributed by atoms with Gasteiger partial charge in [0.25, 0.3) is 0 Å². The Balaban J connectivity index is 1.56. The van der Waals surface area contributed by atoms with Gasteiger partial charge in [0, 0.05) is 30.6 Å². The van der Waals surface area contributed by atoms with Crippen LogP contribution < -0.4 is 15.4 Å². The van der Waals surface area contributed by atoms with Crippen LogP contribution >= 0.6 is 20.1 Å². The second-order valence-corrected chi connectivity index (χ2v) is 9.75. The SMILES string of the molecule is CN/C(=C/c1cccc(C#CCOc2cccc(CNC(c3ccccc3)P(O)O)c2)c1)CSC. The van der Waals surface area contributed by atoms with E-state index in [-0.39, 0.29) is 6.61 Å². The van der Waals surface area contributed by atoms with E-state index in [2.05, 4.69) is 46.9 Å². The molecule has 0 bridgehead atoms. The summed E-state index contributed by atoms with van der Waals surface area (Å²) in [6.07, 6.45) is 4.22. The average molecular weight is 507 g/mol. The van der Waals surface area contributed by atoms with Crippen molar-refractivity contribution in [3.8, 4) is 17.6 Å². The summed E-state index contributed by atoms with van der Waals surface area (Å²) in [5.41, 5.74) is 5.05. The van der Waals surface area contributed by atoms with E-state index < -0.39 is 14.2 Å². The first-order valence-electron chi connectivity index (χ1n) is 11.2. The van der Waals surface area contributed by atoms with Gasteiger partial charge in [-0.15, -0.1) is 0 Å². The van der Waals surface area contributed by atoms with Crippen LogP contribution in [-0.4, -0.2) is 35.4 Å². The zero-order valence-corrected chi connectivity index (χ0v) is 21.7. The van der Waals surface area contributed by atoms with Gasteiger partial charge in [0.15, 0.2) is 8.38 Å². The summed E-state index contributed by atoms with van der Waals surface area (Å²) in [5.74, 6) is 7.39. The monoisotopic (exact) mass is 506 g/mol. The molecule has 0 saturated carbocycles. The molecule has 0 amide bonds. The Kier molecular flexibility index (Phi) is 11.2. The molecule has 182 valence electrons. The normalized spacial score (nSPS) is 12.1. The second kappa shape index (κ2) is 14.6. The molecule has 3 aromatic carbocycles. The van der Waals surface area contributed by atoms with Crippen LogP contribution in [0.1, 0.15) is 28.0 Å². The minimum absolute atomic E-state index is 0.274. The Labute approximate surface area is 213 Å². The van der Waals surface area contributed by atoms with E-state index >= 15 is 0 Å². The lowest BCUT2D eigenvalue weighted by atomic mass is 10.1. The van der Waals surface area contributed by atoms with Gasteiger partial charge in [-0.05, 0) is 53.3 Å². The van der Waals surface area contributed by atoms with Crippen molar-refractivity contribution in [1.29, 1.82) is 0 Å². The number of benzene rings is 3. The van der Waals surface area contributed by atoms with E-state index in [9.17, 15) is 9.79 Å². The van der Waals surface area contributed by atoms with Crippen LogP contribution in [-0.2, 0) is 6.54 Å². The number of hydrogen-bond donors (Lipinski definition) is 4. The fourth-order valence-corrected chi connectivity index (χ4v) is 4.67. The molecule has 0 aliphatic carbocycles. The van der Waals surface area contributed by atoms with Gasteiger partial charge < -0.3 is 19.8 Å². The quantitative estimate of drug-likeness (QED) is 0.214. The van der Waals surface area contributed by atoms with Crippen molar-refractivity contribution in [2.45, 2.75) is 12.3 Å². The molecule has 0 aliphatic rings. The Morgan fingerprint density at radius 1 is 1.06 bits per heavy atom. The van der Waals surface area contributed by atoms with Crippen molar-refractivity contribution in [2.24, 2.45) is 0 Å². The van der Waals surface area contributed by atoms with Gasteiger partial charge >= 0.3 is 0 Å². The molecule has 1 unspecified atom stereocenters. The third-order valence-electron chi connectivity index (χ3n) is 5.14. The van der Waals surface area contributed by atoms with Crippen molar-refractivity contribution < 1.29 is 14.5 Å². The molecule has 0 radical (unpaired) electrons. The van der Waals surface area contributed by atoms with Gasteiger partial charge in [0.05, 0.1) is 0 Å². The lowest BCUT2D eigenvalue weighted by Gasteiger charge is -2.20. The predicted octanol–water partition coefficient (Wildman–Crippen LogP) is 5.13. The number of nitrogens with one attached hydrogen (secondary N) is 2. The summed E-state index contributed by atoms with van der Waals surface area (Å²) in [5, 5.41) is 6.46. The number of thioether (sulfide) groups is 1. The van der Waals surface area contributed by atoms with Gasteiger partial charge in [0.2, 0.25) is 0 Å². The van der Waals surface area contributed by atoms with Gasteiger partial charge in [-0.1, -0.05) is 66.4 Å². The smallest absolute Gasteiger partial charge is 0.188 e. The lowest BCUT2D eigenvalue weighted by Crippen LogP contribution is -2.19. The van der Waals surface area contributed by atoms with E-state index in [0.29, 0.717) is 6.54 Å². The minimum Gasteiger partial charge on any atom is -0.481 e. The van der Waals surface area contributed by atoms with Gasteiger partial charge in [-0.3, -0.25) is 5.32 Å². The average Bonchev–Trinajstić information content (AvgIpc) is 2.87.